The summed E-state index contributed by atoms with van der Waals surface area (Å²) in [7, 11) is 1.82. The van der Waals surface area contributed by atoms with Gasteiger partial charge in [-0.05, 0) is 26.7 Å². The summed E-state index contributed by atoms with van der Waals surface area (Å²) in [6, 6.07) is 0. The van der Waals surface area contributed by atoms with Crippen molar-refractivity contribution in [1.82, 2.24) is 9.78 Å². The molecule has 3 nitrogen and oxygen atoms in total. The second-order valence-corrected chi connectivity index (χ2v) is 3.72. The number of halogens is 1. The molecule has 0 amide bonds. The van der Waals surface area contributed by atoms with E-state index >= 15 is 0 Å². The largest absolute Gasteiger partial charge is 0.393 e. The third-order valence-corrected chi connectivity index (χ3v) is 2.55. The van der Waals surface area contributed by atoms with Gasteiger partial charge in [-0.1, -0.05) is 11.6 Å². The fraction of sp³-hybridized carbons (Fsp3) is 0.667. The Morgan fingerprint density at radius 1 is 1.62 bits per heavy atom. The van der Waals surface area contributed by atoms with Crippen LogP contribution in [0.4, 0.5) is 0 Å². The Balaban J connectivity index is 2.76. The first-order valence-electron chi connectivity index (χ1n) is 4.38. The maximum atomic E-state index is 9.13. The Bertz CT molecular complexity index is 294. The van der Waals surface area contributed by atoms with E-state index in [9.17, 15) is 0 Å². The van der Waals surface area contributed by atoms with E-state index in [-0.39, 0.29) is 6.10 Å². The number of aliphatic hydroxyl groups excluding tert-OH is 1. The van der Waals surface area contributed by atoms with Crippen LogP contribution >= 0.6 is 11.6 Å². The highest BCUT2D eigenvalue weighted by molar-refractivity contribution is 6.30. The molecule has 1 heterocycles. The van der Waals surface area contributed by atoms with Crippen molar-refractivity contribution in [3.05, 3.63) is 16.4 Å². The summed E-state index contributed by atoms with van der Waals surface area (Å²) in [5.74, 6) is 0. The van der Waals surface area contributed by atoms with Crippen LogP contribution in [0, 0.1) is 6.92 Å². The lowest BCUT2D eigenvalue weighted by Gasteiger charge is -2.03. The predicted molar refractivity (Wildman–Crippen MR) is 53.0 cm³/mol. The Morgan fingerprint density at radius 2 is 2.23 bits per heavy atom. The zero-order chi connectivity index (χ0) is 10.0. The zero-order valence-electron chi connectivity index (χ0n) is 8.21. The smallest absolute Gasteiger partial charge is 0.130 e. The molecule has 0 unspecified atom stereocenters. The molecule has 1 aromatic rings. The quantitative estimate of drug-likeness (QED) is 0.810. The molecule has 1 atom stereocenters. The predicted octanol–water partition coefficient (Wildman–Crippen LogP) is 1.70. The Labute approximate surface area is 83.3 Å². The molecule has 0 aliphatic carbocycles. The summed E-state index contributed by atoms with van der Waals surface area (Å²) >= 11 is 6.02. The monoisotopic (exact) mass is 202 g/mol. The summed E-state index contributed by atoms with van der Waals surface area (Å²) in [6.45, 7) is 3.71. The molecule has 0 aliphatic rings. The van der Waals surface area contributed by atoms with Crippen LogP contribution in [-0.4, -0.2) is 21.0 Å². The highest BCUT2D eigenvalue weighted by atomic mass is 35.5. The SMILES string of the molecule is Cc1nn(C)c(Cl)c1CC[C@@H](C)O. The van der Waals surface area contributed by atoms with Crippen molar-refractivity contribution in [1.29, 1.82) is 0 Å². The van der Waals surface area contributed by atoms with Crippen molar-refractivity contribution in [2.75, 3.05) is 0 Å². The van der Waals surface area contributed by atoms with Crippen LogP contribution in [0.1, 0.15) is 24.6 Å². The van der Waals surface area contributed by atoms with Gasteiger partial charge in [0.1, 0.15) is 5.15 Å². The van der Waals surface area contributed by atoms with E-state index in [0.717, 1.165) is 24.1 Å². The number of aromatic nitrogens is 2. The van der Waals surface area contributed by atoms with Gasteiger partial charge < -0.3 is 5.11 Å². The Hall–Kier alpha value is -0.540. The van der Waals surface area contributed by atoms with E-state index in [4.69, 9.17) is 16.7 Å². The molecule has 0 bridgehead atoms. The van der Waals surface area contributed by atoms with Gasteiger partial charge in [-0.2, -0.15) is 5.10 Å². The topological polar surface area (TPSA) is 38.0 Å². The van der Waals surface area contributed by atoms with E-state index in [1.54, 1.807) is 11.6 Å². The lowest BCUT2D eigenvalue weighted by molar-refractivity contribution is 0.185. The van der Waals surface area contributed by atoms with Gasteiger partial charge in [-0.3, -0.25) is 4.68 Å². The van der Waals surface area contributed by atoms with E-state index < -0.39 is 0 Å². The highest BCUT2D eigenvalue weighted by Crippen LogP contribution is 2.20. The molecule has 0 aromatic carbocycles. The summed E-state index contributed by atoms with van der Waals surface area (Å²) in [4.78, 5) is 0. The van der Waals surface area contributed by atoms with Crippen molar-refractivity contribution >= 4 is 11.6 Å². The van der Waals surface area contributed by atoms with Crippen LogP contribution in [0.5, 0.6) is 0 Å². The summed E-state index contributed by atoms with van der Waals surface area (Å²) in [6.07, 6.45) is 1.23. The lowest BCUT2D eigenvalue weighted by atomic mass is 10.1. The van der Waals surface area contributed by atoms with E-state index in [2.05, 4.69) is 5.10 Å². The minimum Gasteiger partial charge on any atom is -0.393 e. The standard InChI is InChI=1S/C9H15ClN2O/c1-6(13)4-5-8-7(2)11-12(3)9(8)10/h6,13H,4-5H2,1-3H3/t6-/m1/s1. The van der Waals surface area contributed by atoms with Crippen LogP contribution in [0.25, 0.3) is 0 Å². The number of aryl methyl sites for hydroxylation is 2. The van der Waals surface area contributed by atoms with Gasteiger partial charge in [0, 0.05) is 12.6 Å². The first kappa shape index (κ1) is 10.5. The van der Waals surface area contributed by atoms with Crippen molar-refractivity contribution in [2.45, 2.75) is 32.8 Å². The highest BCUT2D eigenvalue weighted by Gasteiger charge is 2.11. The number of rotatable bonds is 3. The molecule has 74 valence electrons. The fourth-order valence-corrected chi connectivity index (χ4v) is 1.58. The fourth-order valence-electron chi connectivity index (χ4n) is 1.31. The summed E-state index contributed by atoms with van der Waals surface area (Å²) < 4.78 is 1.66. The number of aliphatic hydroxyl groups is 1. The molecule has 1 aromatic heterocycles. The molecule has 0 radical (unpaired) electrons. The van der Waals surface area contributed by atoms with Crippen LogP contribution in [0.15, 0.2) is 0 Å². The molecule has 0 spiro atoms. The van der Waals surface area contributed by atoms with Crippen molar-refractivity contribution in [2.24, 2.45) is 7.05 Å². The first-order chi connectivity index (χ1) is 6.02. The Kier molecular flexibility index (Phi) is 3.33. The second kappa shape index (κ2) is 4.11. The third kappa shape index (κ3) is 2.45. The zero-order valence-corrected chi connectivity index (χ0v) is 8.97. The van der Waals surface area contributed by atoms with E-state index in [0.29, 0.717) is 5.15 Å². The molecule has 13 heavy (non-hydrogen) atoms. The first-order valence-corrected chi connectivity index (χ1v) is 4.76. The second-order valence-electron chi connectivity index (χ2n) is 3.37. The van der Waals surface area contributed by atoms with Crippen molar-refractivity contribution in [3.8, 4) is 0 Å². The average Bonchev–Trinajstić information content (AvgIpc) is 2.24. The average molecular weight is 203 g/mol. The molecule has 0 saturated carbocycles. The maximum Gasteiger partial charge on any atom is 0.130 e. The minimum absolute atomic E-state index is 0.282. The minimum atomic E-state index is -0.282. The van der Waals surface area contributed by atoms with E-state index in [1.165, 1.54) is 0 Å². The van der Waals surface area contributed by atoms with Gasteiger partial charge in [-0.25, -0.2) is 0 Å². The summed E-state index contributed by atoms with van der Waals surface area (Å²) in [5.41, 5.74) is 2.00. The molecular weight excluding hydrogens is 188 g/mol. The molecule has 4 heteroatoms. The third-order valence-electron chi connectivity index (χ3n) is 2.08. The number of nitrogens with zero attached hydrogens (tertiary/aromatic N) is 2. The van der Waals surface area contributed by atoms with E-state index in [1.807, 2.05) is 14.0 Å². The van der Waals surface area contributed by atoms with Gasteiger partial charge in [0.2, 0.25) is 0 Å². The normalized spacial score (nSPS) is 13.3. The van der Waals surface area contributed by atoms with Gasteiger partial charge in [-0.15, -0.1) is 0 Å². The van der Waals surface area contributed by atoms with Crippen molar-refractivity contribution in [3.63, 3.8) is 0 Å². The van der Waals surface area contributed by atoms with Crippen LogP contribution in [0.2, 0.25) is 5.15 Å². The van der Waals surface area contributed by atoms with Crippen molar-refractivity contribution < 1.29 is 5.11 Å². The van der Waals surface area contributed by atoms with Crippen LogP contribution in [-0.2, 0) is 13.5 Å². The van der Waals surface area contributed by atoms with Gasteiger partial charge in [0.25, 0.3) is 0 Å². The van der Waals surface area contributed by atoms with Gasteiger partial charge in [0.05, 0.1) is 11.8 Å². The van der Waals surface area contributed by atoms with Crippen LogP contribution < -0.4 is 0 Å². The molecule has 0 fully saturated rings. The number of hydrogen-bond acceptors (Lipinski definition) is 2. The van der Waals surface area contributed by atoms with Gasteiger partial charge >= 0.3 is 0 Å². The molecular formula is C9H15ClN2O. The Morgan fingerprint density at radius 3 is 2.62 bits per heavy atom. The molecule has 1 rings (SSSR count). The molecule has 0 saturated heterocycles. The number of hydrogen-bond donors (Lipinski definition) is 1. The maximum absolute atomic E-state index is 9.13. The molecule has 0 aliphatic heterocycles. The lowest BCUT2D eigenvalue weighted by Crippen LogP contribution is -2.02. The van der Waals surface area contributed by atoms with Crippen LogP contribution in [0.3, 0.4) is 0 Å². The van der Waals surface area contributed by atoms with Gasteiger partial charge in [0.15, 0.2) is 0 Å². The molecule has 1 N–H and O–H groups in total. The summed E-state index contributed by atoms with van der Waals surface area (Å²) in [5, 5.41) is 14.0.